The highest BCUT2D eigenvalue weighted by molar-refractivity contribution is 5.69. The van der Waals surface area contributed by atoms with E-state index in [4.69, 9.17) is 0 Å². The summed E-state index contributed by atoms with van der Waals surface area (Å²) in [6.07, 6.45) is 0. The minimum atomic E-state index is -0.420. The molecule has 0 aliphatic heterocycles. The van der Waals surface area contributed by atoms with Gasteiger partial charge in [0.15, 0.2) is 0 Å². The maximum absolute atomic E-state index is 13.2. The van der Waals surface area contributed by atoms with Crippen molar-refractivity contribution in [2.24, 2.45) is 0 Å². The van der Waals surface area contributed by atoms with E-state index in [2.05, 4.69) is 0 Å². The van der Waals surface area contributed by atoms with Crippen LogP contribution in [0.1, 0.15) is 11.1 Å². The number of phenols is 1. The van der Waals surface area contributed by atoms with E-state index in [1.165, 1.54) is 6.07 Å². The van der Waals surface area contributed by atoms with Crippen molar-refractivity contribution >= 4 is 0 Å². The molecule has 0 amide bonds. The van der Waals surface area contributed by atoms with Crippen LogP contribution < -0.4 is 0 Å². The van der Waals surface area contributed by atoms with E-state index in [1.54, 1.807) is 6.07 Å². The molecule has 0 unspecified atom stereocenters. The Hall–Kier alpha value is -1.83. The fourth-order valence-electron chi connectivity index (χ4n) is 1.79. The first-order valence-corrected chi connectivity index (χ1v) is 5.14. The molecule has 2 aromatic carbocycles. The van der Waals surface area contributed by atoms with Gasteiger partial charge in [0.05, 0.1) is 0 Å². The highest BCUT2D eigenvalue weighted by Crippen LogP contribution is 2.28. The maximum Gasteiger partial charge on any atom is 0.127 e. The van der Waals surface area contributed by atoms with Gasteiger partial charge in [-0.3, -0.25) is 0 Å². The van der Waals surface area contributed by atoms with Gasteiger partial charge in [0, 0.05) is 6.07 Å². The number of phenolic OH excluding ortho intramolecular Hbond substituents is 1. The van der Waals surface area contributed by atoms with Gasteiger partial charge in [-0.15, -0.1) is 0 Å². The molecule has 2 aromatic rings. The van der Waals surface area contributed by atoms with E-state index in [1.807, 2.05) is 32.0 Å². The van der Waals surface area contributed by atoms with Crippen LogP contribution in [-0.4, -0.2) is 5.11 Å². The molecule has 16 heavy (non-hydrogen) atoms. The standard InChI is InChI=1S/C14H13FO/c1-9-4-3-5-14(10(9)2)11-6-12(15)8-13(16)7-11/h3-8,16H,1-2H3. The number of hydrogen-bond acceptors (Lipinski definition) is 1. The molecule has 0 saturated carbocycles. The van der Waals surface area contributed by atoms with Crippen molar-refractivity contribution in [2.45, 2.75) is 13.8 Å². The number of hydrogen-bond donors (Lipinski definition) is 1. The van der Waals surface area contributed by atoms with Gasteiger partial charge in [0.2, 0.25) is 0 Å². The number of aryl methyl sites for hydroxylation is 1. The predicted molar refractivity (Wildman–Crippen MR) is 63.0 cm³/mol. The SMILES string of the molecule is Cc1cccc(-c2cc(O)cc(F)c2)c1C. The Morgan fingerprint density at radius 1 is 1.06 bits per heavy atom. The van der Waals surface area contributed by atoms with Crippen molar-refractivity contribution in [2.75, 3.05) is 0 Å². The van der Waals surface area contributed by atoms with Gasteiger partial charge in [0.1, 0.15) is 11.6 Å². The fourth-order valence-corrected chi connectivity index (χ4v) is 1.79. The summed E-state index contributed by atoms with van der Waals surface area (Å²) < 4.78 is 13.2. The monoisotopic (exact) mass is 216 g/mol. The third-order valence-electron chi connectivity index (χ3n) is 2.80. The number of benzene rings is 2. The highest BCUT2D eigenvalue weighted by Gasteiger charge is 2.06. The van der Waals surface area contributed by atoms with E-state index >= 15 is 0 Å². The second-order valence-corrected chi connectivity index (χ2v) is 3.95. The van der Waals surface area contributed by atoms with Crippen LogP contribution in [0.3, 0.4) is 0 Å². The summed E-state index contributed by atoms with van der Waals surface area (Å²) in [6, 6.07) is 9.98. The molecule has 0 spiro atoms. The van der Waals surface area contributed by atoms with Gasteiger partial charge in [-0.25, -0.2) is 4.39 Å². The third kappa shape index (κ3) is 1.91. The lowest BCUT2D eigenvalue weighted by atomic mass is 9.97. The van der Waals surface area contributed by atoms with Gasteiger partial charge < -0.3 is 5.11 Å². The number of rotatable bonds is 1. The summed E-state index contributed by atoms with van der Waals surface area (Å²) in [7, 11) is 0. The minimum Gasteiger partial charge on any atom is -0.508 e. The van der Waals surface area contributed by atoms with Crippen LogP contribution in [0.4, 0.5) is 4.39 Å². The van der Waals surface area contributed by atoms with Crippen molar-refractivity contribution in [3.8, 4) is 16.9 Å². The predicted octanol–water partition coefficient (Wildman–Crippen LogP) is 3.82. The fraction of sp³-hybridized carbons (Fsp3) is 0.143. The highest BCUT2D eigenvalue weighted by atomic mass is 19.1. The number of aromatic hydroxyl groups is 1. The van der Waals surface area contributed by atoms with Gasteiger partial charge in [-0.05, 0) is 48.2 Å². The molecule has 1 nitrogen and oxygen atoms in total. The molecular formula is C14H13FO. The molecule has 0 aliphatic carbocycles. The molecule has 2 rings (SSSR count). The van der Waals surface area contributed by atoms with E-state index in [9.17, 15) is 9.50 Å². The van der Waals surface area contributed by atoms with E-state index < -0.39 is 5.82 Å². The van der Waals surface area contributed by atoms with Crippen molar-refractivity contribution in [3.63, 3.8) is 0 Å². The second-order valence-electron chi connectivity index (χ2n) is 3.95. The first-order chi connectivity index (χ1) is 7.58. The van der Waals surface area contributed by atoms with Gasteiger partial charge in [0.25, 0.3) is 0 Å². The van der Waals surface area contributed by atoms with Crippen LogP contribution in [0.5, 0.6) is 5.75 Å². The minimum absolute atomic E-state index is 0.0455. The van der Waals surface area contributed by atoms with E-state index in [0.29, 0.717) is 5.56 Å². The molecule has 82 valence electrons. The smallest absolute Gasteiger partial charge is 0.127 e. The van der Waals surface area contributed by atoms with Crippen LogP contribution in [-0.2, 0) is 0 Å². The van der Waals surface area contributed by atoms with Gasteiger partial charge >= 0.3 is 0 Å². The summed E-state index contributed by atoms with van der Waals surface area (Å²) in [5.41, 5.74) is 3.92. The van der Waals surface area contributed by atoms with Crippen molar-refractivity contribution < 1.29 is 9.50 Å². The van der Waals surface area contributed by atoms with Gasteiger partial charge in [-0.2, -0.15) is 0 Å². The number of halogens is 1. The zero-order chi connectivity index (χ0) is 11.7. The Balaban J connectivity index is 2.63. The van der Waals surface area contributed by atoms with Gasteiger partial charge in [-0.1, -0.05) is 18.2 Å². The summed E-state index contributed by atoms with van der Waals surface area (Å²) in [6.45, 7) is 4.00. The molecule has 0 heterocycles. The molecular weight excluding hydrogens is 203 g/mol. The zero-order valence-corrected chi connectivity index (χ0v) is 9.29. The van der Waals surface area contributed by atoms with Crippen LogP contribution in [0, 0.1) is 19.7 Å². The van der Waals surface area contributed by atoms with Crippen LogP contribution in [0.2, 0.25) is 0 Å². The molecule has 0 atom stereocenters. The van der Waals surface area contributed by atoms with Crippen LogP contribution in [0.25, 0.3) is 11.1 Å². The molecule has 2 heteroatoms. The first kappa shape index (κ1) is 10.7. The van der Waals surface area contributed by atoms with E-state index in [0.717, 1.165) is 22.8 Å². The lowest BCUT2D eigenvalue weighted by Crippen LogP contribution is -1.87. The summed E-state index contributed by atoms with van der Waals surface area (Å²) in [4.78, 5) is 0. The molecule has 0 saturated heterocycles. The lowest BCUT2D eigenvalue weighted by Gasteiger charge is -2.09. The van der Waals surface area contributed by atoms with Crippen molar-refractivity contribution in [1.82, 2.24) is 0 Å². The Morgan fingerprint density at radius 3 is 2.50 bits per heavy atom. The summed E-state index contributed by atoms with van der Waals surface area (Å²) >= 11 is 0. The topological polar surface area (TPSA) is 20.2 Å². The summed E-state index contributed by atoms with van der Waals surface area (Å²) in [5.74, 6) is -0.466. The molecule has 1 N–H and O–H groups in total. The second kappa shape index (κ2) is 3.97. The molecule has 0 bridgehead atoms. The molecule has 0 fully saturated rings. The zero-order valence-electron chi connectivity index (χ0n) is 9.29. The van der Waals surface area contributed by atoms with Crippen molar-refractivity contribution in [1.29, 1.82) is 0 Å². The Kier molecular flexibility index (Phi) is 2.65. The van der Waals surface area contributed by atoms with E-state index in [-0.39, 0.29) is 5.75 Å². The first-order valence-electron chi connectivity index (χ1n) is 5.14. The Morgan fingerprint density at radius 2 is 1.81 bits per heavy atom. The maximum atomic E-state index is 13.2. The Labute approximate surface area is 94.2 Å². The molecule has 0 aliphatic rings. The van der Waals surface area contributed by atoms with Crippen LogP contribution >= 0.6 is 0 Å². The quantitative estimate of drug-likeness (QED) is 0.768. The average Bonchev–Trinajstić information content (AvgIpc) is 2.20. The largest absolute Gasteiger partial charge is 0.508 e. The third-order valence-corrected chi connectivity index (χ3v) is 2.80. The molecule has 0 aromatic heterocycles. The average molecular weight is 216 g/mol. The molecule has 0 radical (unpaired) electrons. The Bertz CT molecular complexity index is 512. The normalized spacial score (nSPS) is 10.4. The van der Waals surface area contributed by atoms with Crippen LogP contribution in [0.15, 0.2) is 36.4 Å². The summed E-state index contributed by atoms with van der Waals surface area (Å²) in [5, 5.41) is 9.38. The van der Waals surface area contributed by atoms with Crippen molar-refractivity contribution in [3.05, 3.63) is 53.3 Å². The lowest BCUT2D eigenvalue weighted by molar-refractivity contribution is 0.469.